The second kappa shape index (κ2) is 8.48. The van der Waals surface area contributed by atoms with Crippen LogP contribution in [0.1, 0.15) is 10.5 Å². The fraction of sp³-hybridized carbons (Fsp3) is 0.429. The number of benzene rings is 1. The summed E-state index contributed by atoms with van der Waals surface area (Å²) in [6.45, 7) is 6.08. The molecule has 28 heavy (non-hydrogen) atoms. The molecule has 1 amide bonds. The van der Waals surface area contributed by atoms with Gasteiger partial charge in [-0.25, -0.2) is 4.98 Å². The highest BCUT2D eigenvalue weighted by Gasteiger charge is 2.24. The van der Waals surface area contributed by atoms with Crippen LogP contribution in [-0.2, 0) is 4.74 Å². The highest BCUT2D eigenvalue weighted by Crippen LogP contribution is 2.28. The van der Waals surface area contributed by atoms with Gasteiger partial charge in [-0.15, -0.1) is 0 Å². The molecule has 3 heterocycles. The Hall–Kier alpha value is -2.80. The Morgan fingerprint density at radius 1 is 0.964 bits per heavy atom. The zero-order valence-corrected chi connectivity index (χ0v) is 16.2. The first-order chi connectivity index (χ1) is 13.8. The first kappa shape index (κ1) is 18.6. The van der Waals surface area contributed by atoms with Crippen LogP contribution in [0.25, 0.3) is 0 Å². The smallest absolute Gasteiger partial charge is 0.272 e. The van der Waals surface area contributed by atoms with Gasteiger partial charge in [0.2, 0.25) is 0 Å². The molecule has 4 rings (SSSR count). The Morgan fingerprint density at radius 3 is 2.39 bits per heavy atom. The number of nitrogens with zero attached hydrogens (tertiary/aromatic N) is 4. The molecule has 1 aromatic heterocycles. The second-order valence-electron chi connectivity index (χ2n) is 6.95. The largest absolute Gasteiger partial charge is 0.495 e. The van der Waals surface area contributed by atoms with Crippen LogP contribution in [0.2, 0.25) is 0 Å². The number of pyridine rings is 1. The molecule has 0 atom stereocenters. The molecule has 0 radical (unpaired) electrons. The summed E-state index contributed by atoms with van der Waals surface area (Å²) in [6.07, 6.45) is 1.80. The van der Waals surface area contributed by atoms with E-state index in [0.717, 1.165) is 56.5 Å². The number of hydrogen-bond donors (Lipinski definition) is 0. The fourth-order valence-electron chi connectivity index (χ4n) is 3.72. The number of hydrogen-bond acceptors (Lipinski definition) is 6. The van der Waals surface area contributed by atoms with Crippen LogP contribution in [-0.4, -0.2) is 75.4 Å². The van der Waals surface area contributed by atoms with Crippen molar-refractivity contribution in [2.75, 3.05) is 69.4 Å². The standard InChI is InChI=1S/C21H26N4O3/c1-27-20-5-3-2-4-19(20)24-8-10-25(11-9-24)21(26)18-7-6-17(16-22-18)23-12-14-28-15-13-23/h2-7,16H,8-15H2,1H3. The van der Waals surface area contributed by atoms with Gasteiger partial charge in [0.05, 0.1) is 37.9 Å². The minimum Gasteiger partial charge on any atom is -0.495 e. The number of aromatic nitrogens is 1. The van der Waals surface area contributed by atoms with Crippen molar-refractivity contribution < 1.29 is 14.3 Å². The third kappa shape index (κ3) is 3.89. The maximum absolute atomic E-state index is 12.8. The maximum atomic E-state index is 12.8. The second-order valence-corrected chi connectivity index (χ2v) is 6.95. The van der Waals surface area contributed by atoms with Crippen molar-refractivity contribution in [3.05, 3.63) is 48.3 Å². The third-order valence-electron chi connectivity index (χ3n) is 5.34. The molecule has 2 aromatic rings. The molecule has 0 saturated carbocycles. The molecule has 148 valence electrons. The van der Waals surface area contributed by atoms with Gasteiger partial charge < -0.3 is 24.2 Å². The van der Waals surface area contributed by atoms with Crippen LogP contribution in [0.4, 0.5) is 11.4 Å². The lowest BCUT2D eigenvalue weighted by molar-refractivity contribution is 0.0740. The summed E-state index contributed by atoms with van der Waals surface area (Å²) in [5, 5.41) is 0. The number of morpholine rings is 1. The number of amides is 1. The van der Waals surface area contributed by atoms with E-state index in [4.69, 9.17) is 9.47 Å². The van der Waals surface area contributed by atoms with Crippen molar-refractivity contribution >= 4 is 17.3 Å². The van der Waals surface area contributed by atoms with E-state index in [-0.39, 0.29) is 5.91 Å². The highest BCUT2D eigenvalue weighted by atomic mass is 16.5. The fourth-order valence-corrected chi connectivity index (χ4v) is 3.72. The van der Waals surface area contributed by atoms with E-state index in [1.807, 2.05) is 35.2 Å². The average Bonchev–Trinajstić information content (AvgIpc) is 2.79. The first-order valence-electron chi connectivity index (χ1n) is 9.72. The summed E-state index contributed by atoms with van der Waals surface area (Å²) in [7, 11) is 1.69. The molecule has 2 aliphatic heterocycles. The molecule has 0 unspecified atom stereocenters. The normalized spacial score (nSPS) is 17.5. The highest BCUT2D eigenvalue weighted by molar-refractivity contribution is 5.92. The Morgan fingerprint density at radius 2 is 1.71 bits per heavy atom. The lowest BCUT2D eigenvalue weighted by atomic mass is 10.2. The van der Waals surface area contributed by atoms with Crippen LogP contribution < -0.4 is 14.5 Å². The number of rotatable bonds is 4. The van der Waals surface area contributed by atoms with Crippen molar-refractivity contribution in [1.82, 2.24) is 9.88 Å². The summed E-state index contributed by atoms with van der Waals surface area (Å²) < 4.78 is 10.8. The Balaban J connectivity index is 1.37. The number of piperazine rings is 1. The Bertz CT molecular complexity index is 798. The SMILES string of the molecule is COc1ccccc1N1CCN(C(=O)c2ccc(N3CCOCC3)cn2)CC1. The van der Waals surface area contributed by atoms with Gasteiger partial charge in [-0.1, -0.05) is 12.1 Å². The molecule has 7 nitrogen and oxygen atoms in total. The minimum atomic E-state index is -0.00629. The van der Waals surface area contributed by atoms with Crippen molar-refractivity contribution in [3.8, 4) is 5.75 Å². The molecule has 7 heteroatoms. The summed E-state index contributed by atoms with van der Waals surface area (Å²) in [5.41, 5.74) is 2.62. The monoisotopic (exact) mass is 382 g/mol. The lowest BCUT2D eigenvalue weighted by Crippen LogP contribution is -2.49. The van der Waals surface area contributed by atoms with Crippen LogP contribution >= 0.6 is 0 Å². The Kier molecular flexibility index (Phi) is 5.62. The lowest BCUT2D eigenvalue weighted by Gasteiger charge is -2.36. The number of anilines is 2. The van der Waals surface area contributed by atoms with Crippen molar-refractivity contribution in [2.45, 2.75) is 0 Å². The van der Waals surface area contributed by atoms with E-state index >= 15 is 0 Å². The minimum absolute atomic E-state index is 0.00629. The molecule has 0 aliphatic carbocycles. The number of carbonyl (C=O) groups excluding carboxylic acids is 1. The summed E-state index contributed by atoms with van der Waals surface area (Å²) in [4.78, 5) is 23.6. The van der Waals surface area contributed by atoms with Gasteiger partial charge in [0, 0.05) is 39.3 Å². The zero-order chi connectivity index (χ0) is 19.3. The molecule has 0 N–H and O–H groups in total. The van der Waals surface area contributed by atoms with E-state index in [0.29, 0.717) is 18.8 Å². The van der Waals surface area contributed by atoms with Gasteiger partial charge >= 0.3 is 0 Å². The quantitative estimate of drug-likeness (QED) is 0.805. The topological polar surface area (TPSA) is 58.1 Å². The Labute approximate surface area is 165 Å². The molecule has 0 bridgehead atoms. The molecular formula is C21H26N4O3. The summed E-state index contributed by atoms with van der Waals surface area (Å²) in [5.74, 6) is 0.857. The molecular weight excluding hydrogens is 356 g/mol. The number of carbonyl (C=O) groups is 1. The van der Waals surface area contributed by atoms with E-state index in [2.05, 4.69) is 20.9 Å². The zero-order valence-electron chi connectivity index (χ0n) is 16.2. The molecule has 0 spiro atoms. The van der Waals surface area contributed by atoms with Crippen molar-refractivity contribution in [3.63, 3.8) is 0 Å². The van der Waals surface area contributed by atoms with Crippen molar-refractivity contribution in [2.24, 2.45) is 0 Å². The van der Waals surface area contributed by atoms with Gasteiger partial charge in [0.15, 0.2) is 0 Å². The van der Waals surface area contributed by atoms with E-state index < -0.39 is 0 Å². The van der Waals surface area contributed by atoms with E-state index in [1.54, 1.807) is 13.3 Å². The molecule has 2 aliphatic rings. The predicted molar refractivity (Wildman–Crippen MR) is 108 cm³/mol. The molecule has 2 saturated heterocycles. The van der Waals surface area contributed by atoms with E-state index in [9.17, 15) is 4.79 Å². The first-order valence-corrected chi connectivity index (χ1v) is 9.72. The number of methoxy groups -OCH3 is 1. The van der Waals surface area contributed by atoms with Crippen LogP contribution in [0, 0.1) is 0 Å². The van der Waals surface area contributed by atoms with Crippen molar-refractivity contribution in [1.29, 1.82) is 0 Å². The molecule has 2 fully saturated rings. The van der Waals surface area contributed by atoms with Gasteiger partial charge in [0.25, 0.3) is 5.91 Å². The summed E-state index contributed by atoms with van der Waals surface area (Å²) >= 11 is 0. The summed E-state index contributed by atoms with van der Waals surface area (Å²) in [6, 6.07) is 11.8. The molecule has 1 aromatic carbocycles. The third-order valence-corrected chi connectivity index (χ3v) is 5.34. The van der Waals surface area contributed by atoms with Crippen LogP contribution in [0.3, 0.4) is 0 Å². The average molecular weight is 382 g/mol. The van der Waals surface area contributed by atoms with Crippen LogP contribution in [0.5, 0.6) is 5.75 Å². The predicted octanol–water partition coefficient (Wildman–Crippen LogP) is 1.89. The van der Waals surface area contributed by atoms with Crippen LogP contribution in [0.15, 0.2) is 42.6 Å². The van der Waals surface area contributed by atoms with Gasteiger partial charge in [-0.2, -0.15) is 0 Å². The number of para-hydroxylation sites is 2. The van der Waals surface area contributed by atoms with Gasteiger partial charge in [0.1, 0.15) is 11.4 Å². The van der Waals surface area contributed by atoms with Gasteiger partial charge in [-0.3, -0.25) is 4.79 Å². The number of ether oxygens (including phenoxy) is 2. The van der Waals surface area contributed by atoms with E-state index in [1.165, 1.54) is 0 Å². The van der Waals surface area contributed by atoms with Gasteiger partial charge in [-0.05, 0) is 24.3 Å². The maximum Gasteiger partial charge on any atom is 0.272 e.